The fourth-order valence-electron chi connectivity index (χ4n) is 1.94. The van der Waals surface area contributed by atoms with E-state index in [4.69, 9.17) is 0 Å². The third-order valence-corrected chi connectivity index (χ3v) is 3.58. The second-order valence-corrected chi connectivity index (χ2v) is 5.13. The molecule has 3 nitrogen and oxygen atoms in total. The molecule has 0 N–H and O–H groups in total. The number of rotatable bonds is 1. The van der Waals surface area contributed by atoms with Gasteiger partial charge in [-0.3, -0.25) is 0 Å². The van der Waals surface area contributed by atoms with Gasteiger partial charge in [-0.25, -0.2) is 0 Å². The molecule has 0 amide bonds. The molecular weight excluding hydrogens is 217 g/mol. The van der Waals surface area contributed by atoms with Crippen LogP contribution in [0.15, 0.2) is 23.1 Å². The molecule has 1 aliphatic rings. The molecule has 0 fully saturated rings. The summed E-state index contributed by atoms with van der Waals surface area (Å²) in [5, 5.41) is 0. The monoisotopic (exact) mass is 229 g/mol. The second kappa shape index (κ2) is 3.57. The quantitative estimate of drug-likeness (QED) is 0.682. The van der Waals surface area contributed by atoms with Gasteiger partial charge in [0.25, 0.3) is 0 Å². The predicted molar refractivity (Wildman–Crippen MR) is 54.8 cm³/mol. The molecule has 2 rings (SSSR count). The van der Waals surface area contributed by atoms with Crippen molar-refractivity contribution in [2.45, 2.75) is 17.9 Å². The minimum absolute atomic E-state index is 0.159. The molecule has 1 aliphatic heterocycles. The van der Waals surface area contributed by atoms with Gasteiger partial charge in [-0.1, -0.05) is 12.1 Å². The van der Waals surface area contributed by atoms with Crippen molar-refractivity contribution in [1.29, 1.82) is 0 Å². The molecule has 0 unspecified atom stereocenters. The highest BCUT2D eigenvalue weighted by molar-refractivity contribution is 7.86. The minimum Gasteiger partial charge on any atom is -0.302 e. The van der Waals surface area contributed by atoms with E-state index in [-0.39, 0.29) is 4.90 Å². The van der Waals surface area contributed by atoms with Gasteiger partial charge in [0.2, 0.25) is 0 Å². The number of benzene rings is 1. The summed E-state index contributed by atoms with van der Waals surface area (Å²) in [6, 6.07) is 4.77. The number of nitrogens with zero attached hydrogens (tertiary/aromatic N) is 1. The van der Waals surface area contributed by atoms with Crippen LogP contribution in [-0.4, -0.2) is 26.9 Å². The summed E-state index contributed by atoms with van der Waals surface area (Å²) in [4.78, 5) is 1.92. The van der Waals surface area contributed by atoms with Gasteiger partial charge in [0.1, 0.15) is 4.90 Å². The molecule has 1 aromatic rings. The third kappa shape index (κ3) is 2.03. The summed E-state index contributed by atoms with van der Waals surface area (Å²) in [6.07, 6.45) is 0.588. The van der Waals surface area contributed by atoms with Crippen molar-refractivity contribution in [1.82, 2.24) is 4.90 Å². The van der Waals surface area contributed by atoms with Gasteiger partial charge in [0.05, 0.1) is 0 Å². The number of likely N-dealkylation sites (N-methyl/N-ethyl adjacent to an activating group) is 1. The number of hydrogen-bond donors (Lipinski definition) is 0. The molecule has 0 bridgehead atoms. The van der Waals surface area contributed by atoms with E-state index in [9.17, 15) is 12.3 Å². The first-order valence-corrected chi connectivity index (χ1v) is 6.11. The topological polar surface area (TPSA) is 37.4 Å². The molecule has 0 atom stereocenters. The lowest BCUT2D eigenvalue weighted by Crippen LogP contribution is -2.27. The van der Waals surface area contributed by atoms with Gasteiger partial charge in [0.15, 0.2) is 0 Å². The van der Waals surface area contributed by atoms with E-state index in [0.717, 1.165) is 12.1 Å². The van der Waals surface area contributed by atoms with Gasteiger partial charge < -0.3 is 4.90 Å². The summed E-state index contributed by atoms with van der Waals surface area (Å²) in [6.45, 7) is 1.44. The Morgan fingerprint density at radius 3 is 2.80 bits per heavy atom. The Morgan fingerprint density at radius 2 is 2.13 bits per heavy atom. The molecule has 0 saturated carbocycles. The molecular formula is C10H12FNO2S. The Labute approximate surface area is 88.7 Å². The maximum absolute atomic E-state index is 13.0. The van der Waals surface area contributed by atoms with Crippen molar-refractivity contribution in [2.75, 3.05) is 13.6 Å². The van der Waals surface area contributed by atoms with Crippen LogP contribution in [0.4, 0.5) is 3.89 Å². The summed E-state index contributed by atoms with van der Waals surface area (Å²) in [7, 11) is -2.62. The van der Waals surface area contributed by atoms with E-state index in [1.54, 1.807) is 6.07 Å². The lowest BCUT2D eigenvalue weighted by molar-refractivity contribution is 0.311. The number of hydrogen-bond acceptors (Lipinski definition) is 3. The Kier molecular flexibility index (Phi) is 2.52. The minimum atomic E-state index is -4.58. The van der Waals surface area contributed by atoms with Gasteiger partial charge in [-0.05, 0) is 30.7 Å². The van der Waals surface area contributed by atoms with Crippen LogP contribution in [0.3, 0.4) is 0 Å². The van der Waals surface area contributed by atoms with Crippen molar-refractivity contribution < 1.29 is 12.3 Å². The lowest BCUT2D eigenvalue weighted by Gasteiger charge is -2.25. The van der Waals surface area contributed by atoms with Crippen LogP contribution >= 0.6 is 0 Å². The normalized spacial score (nSPS) is 17.5. The SMILES string of the molecule is CN1CCc2c(cccc2S(=O)(=O)F)C1. The molecule has 0 aliphatic carbocycles. The number of halogens is 1. The highest BCUT2D eigenvalue weighted by Crippen LogP contribution is 2.26. The van der Waals surface area contributed by atoms with Gasteiger partial charge in [0, 0.05) is 13.1 Å². The Morgan fingerprint density at radius 1 is 1.40 bits per heavy atom. The molecule has 0 radical (unpaired) electrons. The molecule has 0 spiro atoms. The van der Waals surface area contributed by atoms with Crippen LogP contribution in [0.5, 0.6) is 0 Å². The molecule has 5 heteroatoms. The molecule has 1 heterocycles. The van der Waals surface area contributed by atoms with Crippen LogP contribution < -0.4 is 0 Å². The van der Waals surface area contributed by atoms with Crippen LogP contribution in [0.25, 0.3) is 0 Å². The molecule has 15 heavy (non-hydrogen) atoms. The zero-order chi connectivity index (χ0) is 11.1. The third-order valence-electron chi connectivity index (χ3n) is 2.68. The zero-order valence-electron chi connectivity index (χ0n) is 8.40. The molecule has 82 valence electrons. The Balaban J connectivity index is 2.56. The largest absolute Gasteiger partial charge is 0.332 e. The van der Waals surface area contributed by atoms with Crippen molar-refractivity contribution >= 4 is 10.2 Å². The van der Waals surface area contributed by atoms with Gasteiger partial charge in [-0.15, -0.1) is 3.89 Å². The second-order valence-electron chi connectivity index (χ2n) is 3.82. The van der Waals surface area contributed by atoms with Crippen molar-refractivity contribution in [3.8, 4) is 0 Å². The standard InChI is InChI=1S/C10H12FNO2S/c1-12-6-5-9-8(7-12)3-2-4-10(9)15(11,13)14/h2-4H,5-7H2,1H3. The first kappa shape index (κ1) is 10.6. The molecule has 0 saturated heterocycles. The summed E-state index contributed by atoms with van der Waals surface area (Å²) < 4.78 is 34.8. The fourth-order valence-corrected chi connectivity index (χ4v) is 2.71. The van der Waals surface area contributed by atoms with Crippen LogP contribution in [0, 0.1) is 0 Å². The zero-order valence-corrected chi connectivity index (χ0v) is 9.22. The average molecular weight is 229 g/mol. The number of fused-ring (bicyclic) bond motifs is 1. The lowest BCUT2D eigenvalue weighted by atomic mass is 10.0. The van der Waals surface area contributed by atoms with E-state index in [2.05, 4.69) is 4.90 Å². The van der Waals surface area contributed by atoms with Crippen LogP contribution in [0.1, 0.15) is 11.1 Å². The maximum atomic E-state index is 13.0. The van der Waals surface area contributed by atoms with E-state index >= 15 is 0 Å². The summed E-state index contributed by atoms with van der Waals surface area (Å²) >= 11 is 0. The smallest absolute Gasteiger partial charge is 0.302 e. The van der Waals surface area contributed by atoms with Crippen molar-refractivity contribution in [3.63, 3.8) is 0 Å². The van der Waals surface area contributed by atoms with Crippen LogP contribution in [-0.2, 0) is 23.2 Å². The van der Waals surface area contributed by atoms with Crippen molar-refractivity contribution in [3.05, 3.63) is 29.3 Å². The van der Waals surface area contributed by atoms with Crippen molar-refractivity contribution in [2.24, 2.45) is 0 Å². The summed E-state index contributed by atoms with van der Waals surface area (Å²) in [5.74, 6) is 0. The average Bonchev–Trinajstić information content (AvgIpc) is 2.15. The highest BCUT2D eigenvalue weighted by Gasteiger charge is 2.22. The van der Waals surface area contributed by atoms with E-state index < -0.39 is 10.2 Å². The summed E-state index contributed by atoms with van der Waals surface area (Å²) in [5.41, 5.74) is 1.54. The van der Waals surface area contributed by atoms with E-state index in [1.165, 1.54) is 6.07 Å². The fraction of sp³-hybridized carbons (Fsp3) is 0.400. The predicted octanol–water partition coefficient (Wildman–Crippen LogP) is 1.33. The first-order valence-electron chi connectivity index (χ1n) is 4.72. The molecule has 1 aromatic carbocycles. The first-order chi connectivity index (χ1) is 6.98. The Hall–Kier alpha value is -0.940. The van der Waals surface area contributed by atoms with E-state index in [0.29, 0.717) is 18.5 Å². The molecule has 0 aromatic heterocycles. The maximum Gasteiger partial charge on any atom is 0.332 e. The highest BCUT2D eigenvalue weighted by atomic mass is 32.3. The van der Waals surface area contributed by atoms with Crippen LogP contribution in [0.2, 0.25) is 0 Å². The Bertz CT molecular complexity index is 484. The van der Waals surface area contributed by atoms with Gasteiger partial charge >= 0.3 is 10.2 Å². The van der Waals surface area contributed by atoms with E-state index in [1.807, 2.05) is 13.1 Å². The van der Waals surface area contributed by atoms with Gasteiger partial charge in [-0.2, -0.15) is 8.42 Å².